The molecule has 2 aliphatic rings. The lowest BCUT2D eigenvalue weighted by molar-refractivity contribution is 0.866. The molecule has 2 nitrogen and oxygen atoms in total. The molecule has 0 fully saturated rings. The number of rotatable bonds is 7. The SMILES string of the molecule is CC(C)c1ccc(N2c3cccc4c3B(c3sc5ccc(C(C)C)cc5c32)c2sc3ccc(C(C)C)cc3c2N4c2ccc(C(C)C)c(-c3ccc4c5ccccc5c5ccccc5c4c3)c2)cc1. The molecule has 0 saturated heterocycles. The van der Waals surface area contributed by atoms with E-state index in [4.69, 9.17) is 0 Å². The first kappa shape index (κ1) is 42.4. The van der Waals surface area contributed by atoms with E-state index in [1.807, 2.05) is 22.7 Å². The monoisotopic (exact) mass is 926 g/mol. The molecule has 0 aliphatic carbocycles. The van der Waals surface area contributed by atoms with Crippen molar-refractivity contribution in [2.75, 3.05) is 9.80 Å². The molecule has 13 rings (SSSR count). The van der Waals surface area contributed by atoms with Gasteiger partial charge in [0.05, 0.1) is 11.4 Å². The summed E-state index contributed by atoms with van der Waals surface area (Å²) in [4.78, 5) is 5.27. The van der Waals surface area contributed by atoms with Gasteiger partial charge in [-0.05, 0) is 162 Å². The third kappa shape index (κ3) is 6.43. The fourth-order valence-corrected chi connectivity index (χ4v) is 14.4. The average molecular weight is 927 g/mol. The minimum atomic E-state index is 0.0847. The van der Waals surface area contributed by atoms with Crippen LogP contribution in [-0.2, 0) is 0 Å². The highest BCUT2D eigenvalue weighted by Gasteiger charge is 2.47. The van der Waals surface area contributed by atoms with Crippen LogP contribution >= 0.6 is 22.7 Å². The fourth-order valence-electron chi connectivity index (χ4n) is 11.7. The molecule has 0 spiro atoms. The largest absolute Gasteiger partial charge is 0.310 e. The Hall–Kier alpha value is -6.66. The normalized spacial score (nSPS) is 13.4. The number of hydrogen-bond acceptors (Lipinski definition) is 4. The average Bonchev–Trinajstić information content (AvgIpc) is 3.94. The predicted octanol–water partition coefficient (Wildman–Crippen LogP) is 17.8. The minimum Gasteiger partial charge on any atom is -0.310 e. The molecule has 0 bridgehead atoms. The summed E-state index contributed by atoms with van der Waals surface area (Å²) >= 11 is 4.00. The zero-order chi connectivity index (χ0) is 47.0. The zero-order valence-electron chi connectivity index (χ0n) is 40.7. The maximum atomic E-state index is 2.65. The van der Waals surface area contributed by atoms with E-state index in [1.165, 1.54) is 135 Å². The van der Waals surface area contributed by atoms with Gasteiger partial charge in [0.25, 0.3) is 6.71 Å². The van der Waals surface area contributed by atoms with Gasteiger partial charge in [-0.15, -0.1) is 22.7 Å². The van der Waals surface area contributed by atoms with Gasteiger partial charge in [-0.25, -0.2) is 0 Å². The van der Waals surface area contributed by atoms with E-state index < -0.39 is 0 Å². The molecule has 5 heteroatoms. The Labute approximate surface area is 414 Å². The summed E-state index contributed by atoms with van der Waals surface area (Å²) in [6, 6.07) is 63.5. The summed E-state index contributed by atoms with van der Waals surface area (Å²) < 4.78 is 5.55. The molecule has 4 heterocycles. The Morgan fingerprint density at radius 1 is 0.377 bits per heavy atom. The molecule has 0 atom stereocenters. The van der Waals surface area contributed by atoms with Crippen LogP contribution < -0.4 is 24.8 Å². The molecule has 2 aliphatic heterocycles. The maximum Gasteiger partial charge on any atom is 0.277 e. The Kier molecular flexibility index (Phi) is 9.81. The van der Waals surface area contributed by atoms with Gasteiger partial charge >= 0.3 is 0 Å². The van der Waals surface area contributed by atoms with Gasteiger partial charge in [0, 0.05) is 52.5 Å². The lowest BCUT2D eigenvalue weighted by atomic mass is 9.39. The summed E-state index contributed by atoms with van der Waals surface area (Å²) in [5, 5.41) is 10.5. The Morgan fingerprint density at radius 2 is 0.855 bits per heavy atom. The van der Waals surface area contributed by atoms with E-state index in [1.54, 1.807) is 0 Å². The first-order valence-corrected chi connectivity index (χ1v) is 26.6. The standard InChI is InChI=1S/C64H55BN2S2/c1-36(2)40-20-25-44(26-21-40)66-56-18-13-19-57-60(56)65(63-61(66)54-32-41(37(3)4)23-30-58(54)68-63)64-62(55-33-42(38(5)6)24-31-59(55)69-64)67(57)45-27-29-46(39(7)8)52(35-45)43-22-28-51-49-16-10-9-14-47(49)48-15-11-12-17-50(48)53(51)34-43/h9-39H,1-8H3. The van der Waals surface area contributed by atoms with Gasteiger partial charge in [0.1, 0.15) is 0 Å². The quantitative estimate of drug-likeness (QED) is 0.116. The van der Waals surface area contributed by atoms with Gasteiger partial charge in [0.2, 0.25) is 0 Å². The molecule has 9 aromatic carbocycles. The van der Waals surface area contributed by atoms with Crippen molar-refractivity contribution in [1.29, 1.82) is 0 Å². The van der Waals surface area contributed by atoms with E-state index in [0.29, 0.717) is 23.7 Å². The lowest BCUT2D eigenvalue weighted by Gasteiger charge is -2.42. The van der Waals surface area contributed by atoms with Crippen molar-refractivity contribution in [3.05, 3.63) is 186 Å². The Bertz CT molecular complexity index is 3850. The van der Waals surface area contributed by atoms with Crippen molar-refractivity contribution in [2.24, 2.45) is 0 Å². The van der Waals surface area contributed by atoms with Crippen LogP contribution in [0.1, 0.15) is 101 Å². The fraction of sp³-hybridized carbons (Fsp3) is 0.188. The third-order valence-corrected chi connectivity index (χ3v) is 17.8. The molecule has 336 valence electrons. The van der Waals surface area contributed by atoms with Crippen LogP contribution in [0.25, 0.3) is 63.6 Å². The molecule has 0 N–H and O–H groups in total. The van der Waals surface area contributed by atoms with Gasteiger partial charge < -0.3 is 9.80 Å². The molecule has 0 saturated carbocycles. The van der Waals surface area contributed by atoms with Crippen LogP contribution in [0.15, 0.2) is 164 Å². The highest BCUT2D eigenvalue weighted by molar-refractivity contribution is 7.40. The molecule has 2 aromatic heterocycles. The molecular weight excluding hydrogens is 872 g/mol. The van der Waals surface area contributed by atoms with Crippen molar-refractivity contribution in [1.82, 2.24) is 0 Å². The summed E-state index contributed by atoms with van der Waals surface area (Å²) in [5.41, 5.74) is 17.0. The van der Waals surface area contributed by atoms with Crippen LogP contribution in [0.3, 0.4) is 0 Å². The van der Waals surface area contributed by atoms with Crippen LogP contribution in [0, 0.1) is 0 Å². The highest BCUT2D eigenvalue weighted by atomic mass is 32.1. The number of thiophene rings is 2. The second-order valence-electron chi connectivity index (χ2n) is 20.8. The Balaban J connectivity index is 1.09. The van der Waals surface area contributed by atoms with Crippen molar-refractivity contribution < 1.29 is 0 Å². The van der Waals surface area contributed by atoms with Gasteiger partial charge in [-0.1, -0.05) is 152 Å². The van der Waals surface area contributed by atoms with Crippen LogP contribution in [0.2, 0.25) is 0 Å². The van der Waals surface area contributed by atoms with Crippen LogP contribution in [-0.4, -0.2) is 6.71 Å². The second-order valence-corrected chi connectivity index (χ2v) is 23.0. The Morgan fingerprint density at radius 3 is 1.38 bits per heavy atom. The minimum absolute atomic E-state index is 0.0847. The molecule has 0 amide bonds. The summed E-state index contributed by atoms with van der Waals surface area (Å²) in [7, 11) is 0. The summed E-state index contributed by atoms with van der Waals surface area (Å²) in [5.74, 6) is 1.63. The molecular formula is C64H55BN2S2. The highest BCUT2D eigenvalue weighted by Crippen LogP contribution is 2.52. The lowest BCUT2D eigenvalue weighted by Crippen LogP contribution is -2.59. The van der Waals surface area contributed by atoms with E-state index in [0.717, 1.165) is 0 Å². The van der Waals surface area contributed by atoms with Crippen molar-refractivity contribution >= 4 is 131 Å². The zero-order valence-corrected chi connectivity index (χ0v) is 42.3. The molecule has 11 aromatic rings. The third-order valence-electron chi connectivity index (χ3n) is 15.3. The first-order valence-electron chi connectivity index (χ1n) is 25.0. The van der Waals surface area contributed by atoms with Gasteiger partial charge in [-0.3, -0.25) is 0 Å². The number of hydrogen-bond donors (Lipinski definition) is 0. The molecule has 0 unspecified atom stereocenters. The van der Waals surface area contributed by atoms with E-state index in [-0.39, 0.29) is 6.71 Å². The van der Waals surface area contributed by atoms with Crippen LogP contribution in [0.5, 0.6) is 0 Å². The number of fused-ring (bicyclic) bond motifs is 14. The van der Waals surface area contributed by atoms with Gasteiger partial charge in [-0.2, -0.15) is 0 Å². The topological polar surface area (TPSA) is 6.48 Å². The summed E-state index contributed by atoms with van der Waals surface area (Å²) in [6.07, 6.45) is 0. The maximum absolute atomic E-state index is 2.65. The van der Waals surface area contributed by atoms with Crippen LogP contribution in [0.4, 0.5) is 34.1 Å². The van der Waals surface area contributed by atoms with E-state index in [9.17, 15) is 0 Å². The molecule has 69 heavy (non-hydrogen) atoms. The smallest absolute Gasteiger partial charge is 0.277 e. The molecule has 0 radical (unpaired) electrons. The predicted molar refractivity (Wildman–Crippen MR) is 306 cm³/mol. The first-order chi connectivity index (χ1) is 33.5. The second kappa shape index (κ2) is 16.0. The van der Waals surface area contributed by atoms with Crippen molar-refractivity contribution in [2.45, 2.75) is 79.1 Å². The number of anilines is 6. The van der Waals surface area contributed by atoms with Crippen molar-refractivity contribution in [3.63, 3.8) is 0 Å². The summed E-state index contributed by atoms with van der Waals surface area (Å²) in [6.45, 7) is 18.6. The number of nitrogens with zero attached hydrogens (tertiary/aromatic N) is 2. The van der Waals surface area contributed by atoms with Gasteiger partial charge in [0.15, 0.2) is 0 Å². The van der Waals surface area contributed by atoms with E-state index >= 15 is 0 Å². The number of benzene rings is 9. The van der Waals surface area contributed by atoms with Crippen molar-refractivity contribution in [3.8, 4) is 11.1 Å². The van der Waals surface area contributed by atoms with E-state index in [2.05, 4.69) is 229 Å².